The van der Waals surface area contributed by atoms with Crippen LogP contribution in [-0.2, 0) is 10.0 Å². The van der Waals surface area contributed by atoms with Crippen molar-refractivity contribution in [1.82, 2.24) is 9.71 Å². The summed E-state index contributed by atoms with van der Waals surface area (Å²) in [5.41, 5.74) is 0. The van der Waals surface area contributed by atoms with Crippen LogP contribution in [0, 0.1) is 0 Å². The molecule has 0 bridgehead atoms. The molecular formula is C13H21N3O2S. The number of sulfonamides is 1. The summed E-state index contributed by atoms with van der Waals surface area (Å²) >= 11 is 0. The monoisotopic (exact) mass is 283 g/mol. The fraction of sp³-hybridized carbons (Fsp3) is 0.615. The number of anilines is 1. The van der Waals surface area contributed by atoms with Crippen LogP contribution in [0.2, 0.25) is 0 Å². The molecule has 6 heteroatoms. The minimum atomic E-state index is -3.44. The zero-order chi connectivity index (χ0) is 13.7. The van der Waals surface area contributed by atoms with Crippen molar-refractivity contribution in [2.24, 2.45) is 0 Å². The van der Waals surface area contributed by atoms with Crippen LogP contribution >= 0.6 is 0 Å². The molecule has 2 N–H and O–H groups in total. The summed E-state index contributed by atoms with van der Waals surface area (Å²) in [7, 11) is -1.72. The second-order valence-electron chi connectivity index (χ2n) is 4.94. The Hall–Kier alpha value is -1.14. The number of nitrogens with one attached hydrogen (secondary N) is 2. The first-order chi connectivity index (χ1) is 9.12. The van der Waals surface area contributed by atoms with Gasteiger partial charge in [-0.3, -0.25) is 0 Å². The molecule has 1 aliphatic carbocycles. The summed E-state index contributed by atoms with van der Waals surface area (Å²) in [4.78, 5) is 4.30. The summed E-state index contributed by atoms with van der Waals surface area (Å²) in [6, 6.07) is 3.15. The van der Waals surface area contributed by atoms with E-state index in [0.29, 0.717) is 5.82 Å². The first-order valence-electron chi connectivity index (χ1n) is 6.78. The van der Waals surface area contributed by atoms with Gasteiger partial charge in [-0.25, -0.2) is 18.1 Å². The van der Waals surface area contributed by atoms with Crippen molar-refractivity contribution < 1.29 is 8.42 Å². The second kappa shape index (κ2) is 6.34. The zero-order valence-electron chi connectivity index (χ0n) is 11.2. The average Bonchev–Trinajstić information content (AvgIpc) is 2.67. The number of rotatable bonds is 4. The highest BCUT2D eigenvalue weighted by molar-refractivity contribution is 7.89. The molecule has 0 radical (unpaired) electrons. The van der Waals surface area contributed by atoms with Gasteiger partial charge in [-0.2, -0.15) is 0 Å². The first-order valence-corrected chi connectivity index (χ1v) is 8.26. The van der Waals surface area contributed by atoms with Crippen LogP contribution in [0.5, 0.6) is 0 Å². The molecule has 1 aromatic heterocycles. The van der Waals surface area contributed by atoms with E-state index in [4.69, 9.17) is 0 Å². The van der Waals surface area contributed by atoms with Gasteiger partial charge in [0, 0.05) is 25.4 Å². The lowest BCUT2D eigenvalue weighted by Crippen LogP contribution is -2.34. The van der Waals surface area contributed by atoms with Gasteiger partial charge in [-0.15, -0.1) is 0 Å². The molecule has 0 amide bonds. The number of pyridine rings is 1. The van der Waals surface area contributed by atoms with E-state index in [2.05, 4.69) is 15.0 Å². The molecule has 0 spiro atoms. The van der Waals surface area contributed by atoms with Crippen molar-refractivity contribution in [3.05, 3.63) is 18.3 Å². The van der Waals surface area contributed by atoms with Crippen LogP contribution in [0.4, 0.5) is 5.82 Å². The summed E-state index contributed by atoms with van der Waals surface area (Å²) in [5.74, 6) is 0.559. The van der Waals surface area contributed by atoms with Gasteiger partial charge in [-0.1, -0.05) is 25.7 Å². The van der Waals surface area contributed by atoms with E-state index in [-0.39, 0.29) is 10.9 Å². The number of aromatic nitrogens is 1. The fourth-order valence-corrected chi connectivity index (χ4v) is 3.72. The first kappa shape index (κ1) is 14.3. The Labute approximate surface area is 114 Å². The molecule has 1 heterocycles. The van der Waals surface area contributed by atoms with E-state index in [1.165, 1.54) is 25.1 Å². The van der Waals surface area contributed by atoms with E-state index in [0.717, 1.165) is 25.7 Å². The third-order valence-electron chi connectivity index (χ3n) is 3.47. The highest BCUT2D eigenvalue weighted by atomic mass is 32.2. The van der Waals surface area contributed by atoms with Gasteiger partial charge < -0.3 is 5.32 Å². The lowest BCUT2D eigenvalue weighted by Gasteiger charge is -2.16. The minimum Gasteiger partial charge on any atom is -0.373 e. The summed E-state index contributed by atoms with van der Waals surface area (Å²) < 4.78 is 27.4. The highest BCUT2D eigenvalue weighted by Gasteiger charge is 2.21. The van der Waals surface area contributed by atoms with Crippen LogP contribution < -0.4 is 10.0 Å². The molecular weight excluding hydrogens is 262 g/mol. The minimum absolute atomic E-state index is 0.0682. The third-order valence-corrected chi connectivity index (χ3v) is 4.99. The SMILES string of the molecule is CNc1cc(S(=O)(=O)NC2CCCCCC2)ccn1. The lowest BCUT2D eigenvalue weighted by molar-refractivity contribution is 0.510. The van der Waals surface area contributed by atoms with Gasteiger partial charge in [0.05, 0.1) is 4.90 Å². The molecule has 0 aromatic carbocycles. The molecule has 1 fully saturated rings. The number of hydrogen-bond donors (Lipinski definition) is 2. The zero-order valence-corrected chi connectivity index (χ0v) is 12.0. The Bertz CT molecular complexity index is 508. The average molecular weight is 283 g/mol. The molecule has 0 aliphatic heterocycles. The Morgan fingerprint density at radius 1 is 1.21 bits per heavy atom. The number of nitrogens with zero attached hydrogens (tertiary/aromatic N) is 1. The second-order valence-corrected chi connectivity index (χ2v) is 6.65. The van der Waals surface area contributed by atoms with Gasteiger partial charge in [0.25, 0.3) is 0 Å². The van der Waals surface area contributed by atoms with Crippen molar-refractivity contribution in [1.29, 1.82) is 0 Å². The Kier molecular flexibility index (Phi) is 4.76. The number of hydrogen-bond acceptors (Lipinski definition) is 4. The maximum Gasteiger partial charge on any atom is 0.241 e. The standard InChI is InChI=1S/C13H21N3O2S/c1-14-13-10-12(8-9-15-13)19(17,18)16-11-6-4-2-3-5-7-11/h8-11,16H,2-7H2,1H3,(H,14,15). The molecule has 1 aromatic rings. The Balaban J connectivity index is 2.12. The van der Waals surface area contributed by atoms with E-state index >= 15 is 0 Å². The van der Waals surface area contributed by atoms with Crippen molar-refractivity contribution in [3.63, 3.8) is 0 Å². The Morgan fingerprint density at radius 3 is 2.53 bits per heavy atom. The Morgan fingerprint density at radius 2 is 1.89 bits per heavy atom. The van der Waals surface area contributed by atoms with E-state index in [9.17, 15) is 8.42 Å². The maximum atomic E-state index is 12.3. The largest absolute Gasteiger partial charge is 0.373 e. The van der Waals surface area contributed by atoms with Crippen molar-refractivity contribution in [2.75, 3.05) is 12.4 Å². The molecule has 1 aliphatic rings. The third kappa shape index (κ3) is 3.91. The normalized spacial score (nSPS) is 17.9. The van der Waals surface area contributed by atoms with Crippen molar-refractivity contribution in [2.45, 2.75) is 49.5 Å². The van der Waals surface area contributed by atoms with Crippen LogP contribution in [-0.4, -0.2) is 26.5 Å². The molecule has 0 atom stereocenters. The molecule has 106 valence electrons. The predicted octanol–water partition coefficient (Wildman–Crippen LogP) is 2.12. The van der Waals surface area contributed by atoms with Crippen molar-refractivity contribution in [3.8, 4) is 0 Å². The predicted molar refractivity (Wildman–Crippen MR) is 75.6 cm³/mol. The molecule has 0 unspecified atom stereocenters. The topological polar surface area (TPSA) is 71.1 Å². The van der Waals surface area contributed by atoms with Gasteiger partial charge >= 0.3 is 0 Å². The molecule has 0 saturated heterocycles. The van der Waals surface area contributed by atoms with Gasteiger partial charge in [-0.05, 0) is 18.9 Å². The van der Waals surface area contributed by atoms with E-state index in [1.807, 2.05) is 0 Å². The van der Waals surface area contributed by atoms with Crippen LogP contribution in [0.15, 0.2) is 23.2 Å². The van der Waals surface area contributed by atoms with Gasteiger partial charge in [0.2, 0.25) is 10.0 Å². The smallest absolute Gasteiger partial charge is 0.241 e. The quantitative estimate of drug-likeness (QED) is 0.830. The van der Waals surface area contributed by atoms with Gasteiger partial charge in [0.15, 0.2) is 0 Å². The highest BCUT2D eigenvalue weighted by Crippen LogP contribution is 2.20. The summed E-state index contributed by atoms with van der Waals surface area (Å²) in [6.07, 6.45) is 7.99. The lowest BCUT2D eigenvalue weighted by atomic mass is 10.1. The summed E-state index contributed by atoms with van der Waals surface area (Å²) in [5, 5.41) is 2.85. The molecule has 2 rings (SSSR count). The maximum absolute atomic E-state index is 12.3. The fourth-order valence-electron chi connectivity index (χ4n) is 2.40. The summed E-state index contributed by atoms with van der Waals surface area (Å²) in [6.45, 7) is 0. The van der Waals surface area contributed by atoms with E-state index < -0.39 is 10.0 Å². The van der Waals surface area contributed by atoms with Gasteiger partial charge in [0.1, 0.15) is 5.82 Å². The van der Waals surface area contributed by atoms with Crippen molar-refractivity contribution >= 4 is 15.8 Å². The van der Waals surface area contributed by atoms with Crippen LogP contribution in [0.3, 0.4) is 0 Å². The molecule has 5 nitrogen and oxygen atoms in total. The van der Waals surface area contributed by atoms with Crippen LogP contribution in [0.1, 0.15) is 38.5 Å². The molecule has 1 saturated carbocycles. The molecule has 19 heavy (non-hydrogen) atoms. The van der Waals surface area contributed by atoms with E-state index in [1.54, 1.807) is 13.1 Å². The van der Waals surface area contributed by atoms with Crippen LogP contribution in [0.25, 0.3) is 0 Å².